The first kappa shape index (κ1) is 22.4. The molecule has 0 fully saturated rings. The van der Waals surface area contributed by atoms with Gasteiger partial charge in [0.05, 0.1) is 0 Å². The van der Waals surface area contributed by atoms with Crippen molar-refractivity contribution < 1.29 is 21.1 Å². The summed E-state index contributed by atoms with van der Waals surface area (Å²) in [5.41, 5.74) is 5.68. The molecule has 0 spiro atoms. The fourth-order valence-corrected chi connectivity index (χ4v) is 5.35. The van der Waals surface area contributed by atoms with Gasteiger partial charge in [-0.2, -0.15) is 0 Å². The maximum absolute atomic E-state index is 5.25. The first-order valence-corrected chi connectivity index (χ1v) is 11.9. The van der Waals surface area contributed by atoms with Crippen LogP contribution in [0.2, 0.25) is 0 Å². The van der Waals surface area contributed by atoms with Crippen molar-refractivity contribution in [3.05, 3.63) is 107 Å². The van der Waals surface area contributed by atoms with E-state index in [1.165, 1.54) is 0 Å². The fourth-order valence-electron chi connectivity index (χ4n) is 5.35. The monoisotopic (exact) mass is 631 g/mol. The summed E-state index contributed by atoms with van der Waals surface area (Å²) in [6, 6.07) is 33.7. The summed E-state index contributed by atoms with van der Waals surface area (Å²) in [5.74, 6) is 0. The van der Waals surface area contributed by atoms with Gasteiger partial charge in [0.2, 0.25) is 0 Å². The van der Waals surface area contributed by atoms with Crippen LogP contribution in [0.3, 0.4) is 0 Å². The molecular weight excluding hydrogens is 607 g/mol. The van der Waals surface area contributed by atoms with E-state index in [4.69, 9.17) is 9.97 Å². The minimum Gasteiger partial charge on any atom is -0.300 e. The molecule has 0 atom stereocenters. The third kappa shape index (κ3) is 3.13. The number of rotatable bonds is 0. The van der Waals surface area contributed by atoms with Crippen molar-refractivity contribution >= 4 is 43.4 Å². The van der Waals surface area contributed by atoms with E-state index in [0.29, 0.717) is 0 Å². The SMILES string of the molecule is CC1(C)c2[c-]c3c(cc2)ccc2ccc(nc23)C(C)(C)c2[c-]c3c(cc2)ccc2ccc1nc23.[Pt+2]. The Labute approximate surface area is 219 Å². The van der Waals surface area contributed by atoms with Gasteiger partial charge in [-0.3, -0.25) is 9.97 Å². The van der Waals surface area contributed by atoms with Gasteiger partial charge < -0.3 is 0 Å². The predicted molar refractivity (Wildman–Crippen MR) is 140 cm³/mol. The molecule has 0 unspecified atom stereocenters. The molecule has 1 aliphatic heterocycles. The van der Waals surface area contributed by atoms with Crippen LogP contribution in [0.15, 0.2) is 72.8 Å². The Morgan fingerprint density at radius 1 is 0.486 bits per heavy atom. The largest absolute Gasteiger partial charge is 2.00 e. The van der Waals surface area contributed by atoms with E-state index in [-0.39, 0.29) is 31.9 Å². The van der Waals surface area contributed by atoms with E-state index < -0.39 is 0 Å². The normalized spacial score (nSPS) is 15.7. The zero-order valence-corrected chi connectivity index (χ0v) is 22.4. The van der Waals surface area contributed by atoms with Gasteiger partial charge in [0.25, 0.3) is 0 Å². The van der Waals surface area contributed by atoms with Crippen molar-refractivity contribution in [1.29, 1.82) is 0 Å². The summed E-state index contributed by atoms with van der Waals surface area (Å²) in [4.78, 5) is 10.5. The summed E-state index contributed by atoms with van der Waals surface area (Å²) < 4.78 is 0. The Morgan fingerprint density at radius 3 is 1.26 bits per heavy atom. The van der Waals surface area contributed by atoms with Crippen LogP contribution in [0.1, 0.15) is 50.2 Å². The average molecular weight is 632 g/mol. The smallest absolute Gasteiger partial charge is 0.300 e. The van der Waals surface area contributed by atoms with Crippen molar-refractivity contribution in [3.8, 4) is 0 Å². The van der Waals surface area contributed by atoms with Gasteiger partial charge in [-0.1, -0.05) is 64.1 Å². The maximum atomic E-state index is 5.25. The summed E-state index contributed by atoms with van der Waals surface area (Å²) in [6.45, 7) is 8.94. The molecule has 2 aromatic heterocycles. The summed E-state index contributed by atoms with van der Waals surface area (Å²) in [7, 11) is 0. The second kappa shape index (κ2) is 7.45. The van der Waals surface area contributed by atoms with E-state index in [1.54, 1.807) is 0 Å². The van der Waals surface area contributed by atoms with E-state index in [9.17, 15) is 0 Å². The van der Waals surface area contributed by atoms with Crippen LogP contribution in [-0.4, -0.2) is 9.97 Å². The Kier molecular flexibility index (Phi) is 4.76. The van der Waals surface area contributed by atoms with Gasteiger partial charge in [0.1, 0.15) is 0 Å². The number of fused-ring (bicyclic) bond motifs is 4. The van der Waals surface area contributed by atoms with Gasteiger partial charge in [-0.15, -0.1) is 69.1 Å². The van der Waals surface area contributed by atoms with Gasteiger partial charge in [-0.25, -0.2) is 0 Å². The molecule has 0 N–H and O–H groups in total. The van der Waals surface area contributed by atoms with E-state index in [0.717, 1.165) is 65.9 Å². The van der Waals surface area contributed by atoms with Crippen LogP contribution in [0.5, 0.6) is 0 Å². The molecule has 6 aromatic rings. The maximum Gasteiger partial charge on any atom is 2.00 e. The second-order valence-corrected chi connectivity index (χ2v) is 10.6. The molecule has 0 saturated heterocycles. The summed E-state index contributed by atoms with van der Waals surface area (Å²) >= 11 is 0. The Balaban J connectivity index is 0.00000229. The molecule has 2 nitrogen and oxygen atoms in total. The van der Waals surface area contributed by atoms with Crippen molar-refractivity contribution in [2.24, 2.45) is 0 Å². The number of benzene rings is 4. The predicted octanol–water partition coefficient (Wildman–Crippen LogP) is 7.65. The molecule has 0 aliphatic carbocycles. The number of hydrogen-bond donors (Lipinski definition) is 0. The van der Waals surface area contributed by atoms with Gasteiger partial charge in [0, 0.05) is 22.2 Å². The molecule has 7 rings (SSSR count). The molecule has 172 valence electrons. The number of aromatic nitrogens is 2. The summed E-state index contributed by atoms with van der Waals surface area (Å²) in [5, 5.41) is 6.72. The molecule has 8 bridgehead atoms. The van der Waals surface area contributed by atoms with Crippen LogP contribution in [0.25, 0.3) is 43.4 Å². The van der Waals surface area contributed by atoms with Crippen molar-refractivity contribution in [2.45, 2.75) is 38.5 Å². The quantitative estimate of drug-likeness (QED) is 0.127. The molecule has 3 heterocycles. The van der Waals surface area contributed by atoms with Crippen LogP contribution in [-0.2, 0) is 31.9 Å². The first-order valence-electron chi connectivity index (χ1n) is 11.9. The molecule has 3 heteroatoms. The van der Waals surface area contributed by atoms with Crippen molar-refractivity contribution in [2.75, 3.05) is 0 Å². The Hall–Kier alpha value is -3.09. The molecule has 0 radical (unpaired) electrons. The fraction of sp³-hybridized carbons (Fsp3) is 0.188. The summed E-state index contributed by atoms with van der Waals surface area (Å²) in [6.07, 6.45) is 0. The third-order valence-corrected chi connectivity index (χ3v) is 7.79. The van der Waals surface area contributed by atoms with Crippen molar-refractivity contribution in [3.63, 3.8) is 0 Å². The number of nitrogens with zero attached hydrogens (tertiary/aromatic N) is 2. The molecule has 0 amide bonds. The number of pyridine rings is 2. The van der Waals surface area contributed by atoms with Gasteiger partial charge in [0.15, 0.2) is 0 Å². The van der Waals surface area contributed by atoms with Gasteiger partial charge in [-0.05, 0) is 33.9 Å². The standard InChI is InChI=1S/C32H24N2.Pt/c1-31(2)23-13-9-19-5-8-22-12-16-28(34-30(22)25(19)17-23)32(3,4)24-14-10-20-6-7-21-11-15-27(31)33-29(21)26(20)18-24;/h5-16H,1-4H3;/q-2;+2. The van der Waals surface area contributed by atoms with Crippen molar-refractivity contribution in [1.82, 2.24) is 9.97 Å². The van der Waals surface area contributed by atoms with Crippen LogP contribution >= 0.6 is 0 Å². The molecule has 4 aromatic carbocycles. The zero-order chi connectivity index (χ0) is 23.2. The van der Waals surface area contributed by atoms with Crippen LogP contribution in [0, 0.1) is 12.1 Å². The minimum atomic E-state index is -0.314. The van der Waals surface area contributed by atoms with E-state index in [2.05, 4.69) is 113 Å². The Morgan fingerprint density at radius 2 is 0.829 bits per heavy atom. The zero-order valence-electron chi connectivity index (χ0n) is 20.1. The Bertz CT molecular complexity index is 1550. The second-order valence-electron chi connectivity index (χ2n) is 10.6. The molecule has 35 heavy (non-hydrogen) atoms. The topological polar surface area (TPSA) is 25.8 Å². The minimum absolute atomic E-state index is 0. The molecular formula is C32H24N2Pt. The van der Waals surface area contributed by atoms with Crippen LogP contribution in [0.4, 0.5) is 0 Å². The van der Waals surface area contributed by atoms with Crippen LogP contribution < -0.4 is 0 Å². The van der Waals surface area contributed by atoms with E-state index >= 15 is 0 Å². The van der Waals surface area contributed by atoms with E-state index in [1.807, 2.05) is 0 Å². The first-order chi connectivity index (χ1) is 16.3. The molecule has 0 saturated carbocycles. The average Bonchev–Trinajstić information content (AvgIpc) is 2.86. The third-order valence-electron chi connectivity index (χ3n) is 7.79. The molecule has 1 aliphatic rings. The number of hydrogen-bond acceptors (Lipinski definition) is 2. The van der Waals surface area contributed by atoms with Gasteiger partial charge >= 0.3 is 21.1 Å².